The minimum Gasteiger partial charge on any atom is -0.503 e. The van der Waals surface area contributed by atoms with E-state index in [2.05, 4.69) is 20.4 Å². The highest BCUT2D eigenvalue weighted by Crippen LogP contribution is 2.34. The first kappa shape index (κ1) is 42.7. The van der Waals surface area contributed by atoms with Crippen LogP contribution in [0.2, 0.25) is 0 Å². The number of phenolic OH excluding ortho intramolecular Hbond substituents is 1. The number of carbonyl (C=O) groups is 4. The van der Waals surface area contributed by atoms with E-state index >= 15 is 0 Å². The predicted octanol–water partition coefficient (Wildman–Crippen LogP) is 5.96. The van der Waals surface area contributed by atoms with Crippen LogP contribution in [0.4, 0.5) is 29.6 Å². The summed E-state index contributed by atoms with van der Waals surface area (Å²) < 4.78 is 43.6. The average Bonchev–Trinajstić information content (AvgIpc) is 3.75. The molecule has 334 valence electrons. The number of aryl methyl sites for hydroxylation is 1. The fraction of sp³-hybridized carbons (Fsp3) is 0.413. The highest BCUT2D eigenvalue weighted by atomic mass is 19.2. The molecule has 5 aromatic rings. The number of rotatable bonds is 9. The highest BCUT2D eigenvalue weighted by Gasteiger charge is 2.32. The van der Waals surface area contributed by atoms with E-state index in [0.29, 0.717) is 42.4 Å². The van der Waals surface area contributed by atoms with Gasteiger partial charge in [-0.15, -0.1) is 0 Å². The Kier molecular flexibility index (Phi) is 12.0. The molecule has 3 aromatic carbocycles. The summed E-state index contributed by atoms with van der Waals surface area (Å²) in [4.78, 5) is 67.8. The molecule has 0 atom stereocenters. The number of nitrogens with one attached hydrogen (secondary N) is 2. The van der Waals surface area contributed by atoms with Crippen LogP contribution in [0.3, 0.4) is 0 Å². The smallest absolute Gasteiger partial charge is 0.328 e. The van der Waals surface area contributed by atoms with Gasteiger partial charge in [-0.1, -0.05) is 18.2 Å². The van der Waals surface area contributed by atoms with Gasteiger partial charge in [-0.3, -0.25) is 34.2 Å². The third kappa shape index (κ3) is 8.70. The third-order valence-corrected chi connectivity index (χ3v) is 13.3. The number of aromatic nitrogens is 4. The largest absolute Gasteiger partial charge is 0.503 e. The van der Waals surface area contributed by atoms with Gasteiger partial charge in [-0.05, 0) is 86.8 Å². The fourth-order valence-electron chi connectivity index (χ4n) is 9.46. The number of hydrogen-bond acceptors (Lipinski definition) is 10. The molecular weight excluding hydrogens is 830 g/mol. The van der Waals surface area contributed by atoms with Gasteiger partial charge in [0.25, 0.3) is 11.8 Å². The van der Waals surface area contributed by atoms with Gasteiger partial charge in [0.05, 0.1) is 17.1 Å². The lowest BCUT2D eigenvalue weighted by atomic mass is 9.86. The van der Waals surface area contributed by atoms with Gasteiger partial charge < -0.3 is 20.2 Å². The molecule has 3 N–H and O–H groups in total. The van der Waals surface area contributed by atoms with Crippen molar-refractivity contribution in [2.24, 2.45) is 5.92 Å². The molecule has 0 unspecified atom stereocenters. The Morgan fingerprint density at radius 3 is 2.28 bits per heavy atom. The number of aromatic hydroxyl groups is 1. The molecule has 3 aliphatic heterocycles. The number of imide groups is 1. The quantitative estimate of drug-likeness (QED) is 0.150. The molecule has 4 aliphatic rings. The Morgan fingerprint density at radius 2 is 1.56 bits per heavy atom. The van der Waals surface area contributed by atoms with Crippen LogP contribution < -0.4 is 20.4 Å². The van der Waals surface area contributed by atoms with Crippen molar-refractivity contribution in [1.29, 1.82) is 0 Å². The molecule has 5 amide bonds. The number of fused-ring (bicyclic) bond motifs is 1. The van der Waals surface area contributed by atoms with E-state index in [9.17, 15) is 37.5 Å². The van der Waals surface area contributed by atoms with Crippen LogP contribution in [0.15, 0.2) is 61.1 Å². The van der Waals surface area contributed by atoms with Crippen molar-refractivity contribution in [2.45, 2.75) is 64.0 Å². The predicted molar refractivity (Wildman–Crippen MR) is 231 cm³/mol. The Balaban J connectivity index is 0.734. The Hall–Kier alpha value is -6.56. The molecule has 5 heterocycles. The molecule has 1 aliphatic carbocycles. The van der Waals surface area contributed by atoms with Gasteiger partial charge in [0, 0.05) is 106 Å². The maximum absolute atomic E-state index is 14.2. The minimum absolute atomic E-state index is 0.0613. The second-order valence-electron chi connectivity index (χ2n) is 17.2. The molecule has 15 nitrogen and oxygen atoms in total. The topological polar surface area (TPSA) is 169 Å². The SMILES string of the molecule is Cc1ccc(C(=O)N2CCN(C3CCN(c4ncc(-c5ccc6cn([C@H]7CC[C@H](CNC(=O)c8cc(F)c(O)c(F)c8F)CC7)nc6c5)cn4)CC3)CC2)cc1N1CCC(=O)NC1=O. The summed E-state index contributed by atoms with van der Waals surface area (Å²) in [5.74, 6) is -6.71. The number of piperazine rings is 1. The molecule has 0 spiro atoms. The lowest BCUT2D eigenvalue weighted by molar-refractivity contribution is -0.120. The first-order valence-electron chi connectivity index (χ1n) is 21.9. The number of phenols is 1. The number of amides is 5. The van der Waals surface area contributed by atoms with Crippen LogP contribution in [-0.4, -0.2) is 117 Å². The zero-order valence-corrected chi connectivity index (χ0v) is 35.4. The van der Waals surface area contributed by atoms with Crippen LogP contribution in [0.25, 0.3) is 22.0 Å². The van der Waals surface area contributed by atoms with Crippen molar-refractivity contribution >= 4 is 46.3 Å². The highest BCUT2D eigenvalue weighted by molar-refractivity contribution is 6.06. The molecule has 3 saturated heterocycles. The number of carbonyl (C=O) groups excluding carboxylic acids is 4. The number of piperidine rings is 1. The maximum atomic E-state index is 14.2. The van der Waals surface area contributed by atoms with E-state index in [1.165, 1.54) is 4.90 Å². The number of anilines is 2. The van der Waals surface area contributed by atoms with Gasteiger partial charge in [-0.2, -0.15) is 9.49 Å². The maximum Gasteiger partial charge on any atom is 0.328 e. The van der Waals surface area contributed by atoms with E-state index in [1.54, 1.807) is 12.1 Å². The van der Waals surface area contributed by atoms with E-state index in [0.717, 1.165) is 92.3 Å². The van der Waals surface area contributed by atoms with Gasteiger partial charge in [0.1, 0.15) is 0 Å². The summed E-state index contributed by atoms with van der Waals surface area (Å²) in [6.07, 6.45) is 11.1. The molecule has 2 aromatic heterocycles. The number of halogens is 3. The zero-order valence-electron chi connectivity index (χ0n) is 35.4. The summed E-state index contributed by atoms with van der Waals surface area (Å²) in [5, 5.41) is 20.1. The van der Waals surface area contributed by atoms with Crippen LogP contribution in [0.1, 0.15) is 77.3 Å². The van der Waals surface area contributed by atoms with Crippen LogP contribution >= 0.6 is 0 Å². The van der Waals surface area contributed by atoms with Crippen molar-refractivity contribution in [3.63, 3.8) is 0 Å². The van der Waals surface area contributed by atoms with E-state index in [-0.39, 0.29) is 43.3 Å². The van der Waals surface area contributed by atoms with Crippen molar-refractivity contribution < 1.29 is 37.5 Å². The first-order valence-corrected chi connectivity index (χ1v) is 21.9. The van der Waals surface area contributed by atoms with Crippen LogP contribution in [-0.2, 0) is 4.79 Å². The zero-order chi connectivity index (χ0) is 44.6. The fourth-order valence-corrected chi connectivity index (χ4v) is 9.46. The molecule has 1 saturated carbocycles. The summed E-state index contributed by atoms with van der Waals surface area (Å²) >= 11 is 0. The summed E-state index contributed by atoms with van der Waals surface area (Å²) in [7, 11) is 0. The van der Waals surface area contributed by atoms with Gasteiger partial charge >= 0.3 is 6.03 Å². The number of urea groups is 1. The Labute approximate surface area is 367 Å². The average molecular weight is 879 g/mol. The molecule has 4 fully saturated rings. The van der Waals surface area contributed by atoms with E-state index in [1.807, 2.05) is 59.4 Å². The van der Waals surface area contributed by atoms with Crippen molar-refractivity contribution in [3.05, 3.63) is 95.2 Å². The van der Waals surface area contributed by atoms with E-state index in [4.69, 9.17) is 15.1 Å². The standard InChI is InChI=1S/C46H49F3N10O5/c1-27-2-5-30(21-38(27)58-15-12-39(60)53-46(58)64)44(63)56-18-16-55(17-19-56)33-10-13-57(14-11-33)45-51-24-32(25-52-45)29-6-7-31-26-59(54-37(31)20-29)34-8-3-28(4-9-34)23-50-43(62)35-22-36(47)42(61)41(49)40(35)48/h2,5-7,20-22,24-26,28,33-34,61H,3-4,8-19,23H2,1H3,(H,50,62)(H,53,60,64)/t28-,34-. The van der Waals surface area contributed by atoms with Gasteiger partial charge in [0.2, 0.25) is 17.7 Å². The summed E-state index contributed by atoms with van der Waals surface area (Å²) in [6, 6.07) is 12.1. The Morgan fingerprint density at radius 1 is 0.828 bits per heavy atom. The molecule has 64 heavy (non-hydrogen) atoms. The first-order chi connectivity index (χ1) is 30.9. The summed E-state index contributed by atoms with van der Waals surface area (Å²) in [6.45, 7) is 6.85. The number of nitrogens with zero attached hydrogens (tertiary/aromatic N) is 8. The Bertz CT molecular complexity index is 2600. The lowest BCUT2D eigenvalue weighted by Gasteiger charge is -2.42. The lowest BCUT2D eigenvalue weighted by Crippen LogP contribution is -2.54. The minimum atomic E-state index is -1.79. The van der Waals surface area contributed by atoms with Crippen LogP contribution in [0.5, 0.6) is 5.75 Å². The molecule has 18 heteroatoms. The normalized spacial score (nSPS) is 20.2. The van der Waals surface area contributed by atoms with Crippen LogP contribution in [0, 0.1) is 30.3 Å². The molecule has 0 radical (unpaired) electrons. The summed E-state index contributed by atoms with van der Waals surface area (Å²) in [5.41, 5.74) is 3.94. The van der Waals surface area contributed by atoms with Gasteiger partial charge in [0.15, 0.2) is 17.4 Å². The molecular formula is C46H49F3N10O5. The number of hydrogen-bond donors (Lipinski definition) is 3. The van der Waals surface area contributed by atoms with Crippen molar-refractivity contribution in [2.75, 3.05) is 62.2 Å². The second-order valence-corrected chi connectivity index (χ2v) is 17.2. The molecule has 0 bridgehead atoms. The third-order valence-electron chi connectivity index (χ3n) is 13.3. The van der Waals surface area contributed by atoms with Crippen molar-refractivity contribution in [1.82, 2.24) is 40.2 Å². The number of benzene rings is 3. The second kappa shape index (κ2) is 17.9. The van der Waals surface area contributed by atoms with Gasteiger partial charge in [-0.25, -0.2) is 23.5 Å². The van der Waals surface area contributed by atoms with E-state index < -0.39 is 40.7 Å². The van der Waals surface area contributed by atoms with Crippen molar-refractivity contribution in [3.8, 4) is 16.9 Å². The monoisotopic (exact) mass is 878 g/mol. The molecule has 9 rings (SSSR count).